The SMILES string of the molecule is Cc1ncc(NC(=O)c2ccc(C(C)(C)C)o2)cc1N. The summed E-state index contributed by atoms with van der Waals surface area (Å²) in [5.41, 5.74) is 7.45. The van der Waals surface area contributed by atoms with E-state index in [1.807, 2.05) is 33.8 Å². The third kappa shape index (κ3) is 2.99. The molecule has 2 heterocycles. The third-order valence-corrected chi connectivity index (χ3v) is 2.95. The topological polar surface area (TPSA) is 81.2 Å². The van der Waals surface area contributed by atoms with Crippen LogP contribution in [0, 0.1) is 6.92 Å². The molecule has 0 fully saturated rings. The van der Waals surface area contributed by atoms with Crippen molar-refractivity contribution in [3.8, 4) is 0 Å². The number of nitrogens with two attached hydrogens (primary N) is 1. The number of amides is 1. The van der Waals surface area contributed by atoms with E-state index in [4.69, 9.17) is 10.2 Å². The summed E-state index contributed by atoms with van der Waals surface area (Å²) >= 11 is 0. The molecule has 5 heteroatoms. The van der Waals surface area contributed by atoms with Crippen LogP contribution in [0.3, 0.4) is 0 Å². The van der Waals surface area contributed by atoms with Crippen molar-refractivity contribution < 1.29 is 9.21 Å². The van der Waals surface area contributed by atoms with Crippen molar-refractivity contribution >= 4 is 17.3 Å². The quantitative estimate of drug-likeness (QED) is 0.880. The van der Waals surface area contributed by atoms with Crippen molar-refractivity contribution in [1.29, 1.82) is 0 Å². The lowest BCUT2D eigenvalue weighted by Crippen LogP contribution is -2.13. The van der Waals surface area contributed by atoms with Crippen LogP contribution in [0.1, 0.15) is 42.8 Å². The van der Waals surface area contributed by atoms with Gasteiger partial charge in [0.25, 0.3) is 5.91 Å². The minimum atomic E-state index is -0.314. The van der Waals surface area contributed by atoms with Gasteiger partial charge < -0.3 is 15.5 Å². The molecule has 0 spiro atoms. The molecule has 20 heavy (non-hydrogen) atoms. The highest BCUT2D eigenvalue weighted by molar-refractivity contribution is 6.02. The van der Waals surface area contributed by atoms with Crippen LogP contribution < -0.4 is 11.1 Å². The van der Waals surface area contributed by atoms with Crippen molar-refractivity contribution in [2.75, 3.05) is 11.1 Å². The molecule has 0 saturated heterocycles. The molecule has 1 amide bonds. The van der Waals surface area contributed by atoms with Gasteiger partial charge in [0.15, 0.2) is 5.76 Å². The molecule has 0 aliphatic rings. The van der Waals surface area contributed by atoms with E-state index in [1.165, 1.54) is 0 Å². The summed E-state index contributed by atoms with van der Waals surface area (Å²) in [6, 6.07) is 5.16. The van der Waals surface area contributed by atoms with Gasteiger partial charge in [-0.25, -0.2) is 0 Å². The van der Waals surface area contributed by atoms with Crippen molar-refractivity contribution in [3.05, 3.63) is 41.6 Å². The van der Waals surface area contributed by atoms with Crippen molar-refractivity contribution in [2.24, 2.45) is 0 Å². The first-order valence-electron chi connectivity index (χ1n) is 6.41. The van der Waals surface area contributed by atoms with Gasteiger partial charge in [0.2, 0.25) is 0 Å². The fourth-order valence-corrected chi connectivity index (χ4v) is 1.67. The molecule has 0 radical (unpaired) electrons. The Morgan fingerprint density at radius 2 is 2.05 bits per heavy atom. The average molecular weight is 273 g/mol. The number of nitrogens with zero attached hydrogens (tertiary/aromatic N) is 1. The molecule has 106 valence electrons. The van der Waals surface area contributed by atoms with Gasteiger partial charge in [-0.2, -0.15) is 0 Å². The number of nitrogens with one attached hydrogen (secondary N) is 1. The number of pyridine rings is 1. The molecule has 0 aliphatic heterocycles. The molecule has 2 aromatic heterocycles. The summed E-state index contributed by atoms with van der Waals surface area (Å²) in [6.45, 7) is 7.89. The fourth-order valence-electron chi connectivity index (χ4n) is 1.67. The molecule has 2 aromatic rings. The van der Waals surface area contributed by atoms with Crippen molar-refractivity contribution in [3.63, 3.8) is 0 Å². The molecule has 0 saturated carbocycles. The second-order valence-corrected chi connectivity index (χ2v) is 5.77. The van der Waals surface area contributed by atoms with Crippen LogP contribution in [-0.2, 0) is 5.41 Å². The number of furan rings is 1. The smallest absolute Gasteiger partial charge is 0.291 e. The van der Waals surface area contributed by atoms with E-state index in [-0.39, 0.29) is 17.1 Å². The van der Waals surface area contributed by atoms with Crippen LogP contribution >= 0.6 is 0 Å². The predicted octanol–water partition coefficient (Wildman–Crippen LogP) is 3.12. The van der Waals surface area contributed by atoms with E-state index in [0.29, 0.717) is 11.4 Å². The lowest BCUT2D eigenvalue weighted by Gasteiger charge is -2.14. The van der Waals surface area contributed by atoms with Gasteiger partial charge in [0, 0.05) is 5.41 Å². The number of aryl methyl sites for hydroxylation is 1. The number of anilines is 2. The van der Waals surface area contributed by atoms with E-state index >= 15 is 0 Å². The first kappa shape index (κ1) is 14.1. The van der Waals surface area contributed by atoms with E-state index in [9.17, 15) is 4.79 Å². The number of carbonyl (C=O) groups is 1. The molecule has 5 nitrogen and oxygen atoms in total. The summed E-state index contributed by atoms with van der Waals surface area (Å²) in [7, 11) is 0. The Balaban J connectivity index is 2.16. The Morgan fingerprint density at radius 3 is 2.60 bits per heavy atom. The zero-order valence-electron chi connectivity index (χ0n) is 12.2. The molecule has 0 aliphatic carbocycles. The minimum absolute atomic E-state index is 0.131. The van der Waals surface area contributed by atoms with Crippen LogP contribution in [0.25, 0.3) is 0 Å². The Labute approximate surface area is 118 Å². The van der Waals surface area contributed by atoms with Gasteiger partial charge in [-0.1, -0.05) is 20.8 Å². The average Bonchev–Trinajstić information content (AvgIpc) is 2.83. The maximum Gasteiger partial charge on any atom is 0.291 e. The first-order chi connectivity index (χ1) is 9.27. The van der Waals surface area contributed by atoms with E-state index in [1.54, 1.807) is 18.3 Å². The summed E-state index contributed by atoms with van der Waals surface area (Å²) in [4.78, 5) is 16.2. The highest BCUT2D eigenvalue weighted by Crippen LogP contribution is 2.24. The van der Waals surface area contributed by atoms with Crippen molar-refractivity contribution in [1.82, 2.24) is 4.98 Å². The zero-order valence-corrected chi connectivity index (χ0v) is 12.2. The van der Waals surface area contributed by atoms with Gasteiger partial charge in [0.1, 0.15) is 5.76 Å². The van der Waals surface area contributed by atoms with E-state index in [0.717, 1.165) is 11.5 Å². The van der Waals surface area contributed by atoms with Crippen LogP contribution in [0.15, 0.2) is 28.8 Å². The number of hydrogen-bond donors (Lipinski definition) is 2. The zero-order chi connectivity index (χ0) is 14.9. The highest BCUT2D eigenvalue weighted by atomic mass is 16.4. The molecule has 3 N–H and O–H groups in total. The van der Waals surface area contributed by atoms with Gasteiger partial charge in [-0.3, -0.25) is 9.78 Å². The Morgan fingerprint density at radius 1 is 1.35 bits per heavy atom. The Hall–Kier alpha value is -2.30. The Bertz CT molecular complexity index is 639. The highest BCUT2D eigenvalue weighted by Gasteiger charge is 2.20. The molecule has 2 rings (SSSR count). The Kier molecular flexibility index (Phi) is 3.53. The molecule has 0 atom stereocenters. The van der Waals surface area contributed by atoms with Crippen LogP contribution in [0.2, 0.25) is 0 Å². The maximum absolute atomic E-state index is 12.1. The molecule has 0 unspecified atom stereocenters. The second-order valence-electron chi connectivity index (χ2n) is 5.77. The number of hydrogen-bond acceptors (Lipinski definition) is 4. The number of carbonyl (C=O) groups excluding carboxylic acids is 1. The predicted molar refractivity (Wildman–Crippen MR) is 78.7 cm³/mol. The molecular formula is C15H19N3O2. The minimum Gasteiger partial charge on any atom is -0.455 e. The summed E-state index contributed by atoms with van der Waals surface area (Å²) in [5, 5.41) is 2.72. The second kappa shape index (κ2) is 5.00. The van der Waals surface area contributed by atoms with Gasteiger partial charge in [-0.05, 0) is 25.1 Å². The standard InChI is InChI=1S/C15H19N3O2/c1-9-11(16)7-10(8-17-9)18-14(19)12-5-6-13(20-12)15(2,3)4/h5-8H,16H2,1-4H3,(H,18,19). The normalized spacial score (nSPS) is 11.4. The van der Waals surface area contributed by atoms with Crippen molar-refractivity contribution in [2.45, 2.75) is 33.1 Å². The molecule has 0 aromatic carbocycles. The van der Waals surface area contributed by atoms with Gasteiger partial charge in [0.05, 0.1) is 23.3 Å². The summed E-state index contributed by atoms with van der Waals surface area (Å²) in [5.74, 6) is 0.726. The van der Waals surface area contributed by atoms with Gasteiger partial charge >= 0.3 is 0 Å². The number of rotatable bonds is 2. The maximum atomic E-state index is 12.1. The number of nitrogen functional groups attached to an aromatic ring is 1. The fraction of sp³-hybridized carbons (Fsp3) is 0.333. The lowest BCUT2D eigenvalue weighted by atomic mass is 9.94. The molecular weight excluding hydrogens is 254 g/mol. The monoisotopic (exact) mass is 273 g/mol. The number of aromatic nitrogens is 1. The van der Waals surface area contributed by atoms with Crippen LogP contribution in [-0.4, -0.2) is 10.9 Å². The first-order valence-corrected chi connectivity index (χ1v) is 6.41. The van der Waals surface area contributed by atoms with E-state index < -0.39 is 0 Å². The van der Waals surface area contributed by atoms with Crippen LogP contribution in [0.4, 0.5) is 11.4 Å². The largest absolute Gasteiger partial charge is 0.455 e. The summed E-state index contributed by atoms with van der Waals surface area (Å²) < 4.78 is 5.57. The summed E-state index contributed by atoms with van der Waals surface area (Å²) in [6.07, 6.45) is 1.57. The van der Waals surface area contributed by atoms with Gasteiger partial charge in [-0.15, -0.1) is 0 Å². The third-order valence-electron chi connectivity index (χ3n) is 2.95. The molecule has 0 bridgehead atoms. The lowest BCUT2D eigenvalue weighted by molar-refractivity contribution is 0.0993. The van der Waals surface area contributed by atoms with E-state index in [2.05, 4.69) is 10.3 Å². The van der Waals surface area contributed by atoms with Crippen LogP contribution in [0.5, 0.6) is 0 Å².